The lowest BCUT2D eigenvalue weighted by Crippen LogP contribution is -2.36. The SMILES string of the molecule is CO[Si](C)(CCCN)OC.NCCCC[C@H](N)C(=O)O. The Kier molecular flexibility index (Phi) is 14.7. The van der Waals surface area contributed by atoms with Crippen molar-refractivity contribution >= 4 is 14.5 Å². The second-order valence-electron chi connectivity index (χ2n) is 4.66. The molecule has 0 heterocycles. The molecule has 0 aliphatic carbocycles. The van der Waals surface area contributed by atoms with Crippen LogP contribution in [0.1, 0.15) is 25.7 Å². The highest BCUT2D eigenvalue weighted by Crippen LogP contribution is 2.12. The molecule has 0 aromatic rings. The van der Waals surface area contributed by atoms with Crippen LogP contribution >= 0.6 is 0 Å². The van der Waals surface area contributed by atoms with E-state index in [4.69, 9.17) is 31.2 Å². The average Bonchev–Trinajstić information content (AvgIpc) is 2.45. The maximum atomic E-state index is 10.1. The number of aliphatic carboxylic acids is 1. The van der Waals surface area contributed by atoms with Crippen molar-refractivity contribution in [2.24, 2.45) is 17.2 Å². The third kappa shape index (κ3) is 12.5. The van der Waals surface area contributed by atoms with E-state index in [1.807, 2.05) is 6.55 Å². The molecule has 0 saturated heterocycles. The van der Waals surface area contributed by atoms with Gasteiger partial charge in [-0.05, 0) is 44.9 Å². The van der Waals surface area contributed by atoms with Crippen molar-refractivity contribution in [1.82, 2.24) is 0 Å². The summed E-state index contributed by atoms with van der Waals surface area (Å²) in [7, 11) is 1.60. The van der Waals surface area contributed by atoms with Crippen molar-refractivity contribution in [3.05, 3.63) is 0 Å². The minimum Gasteiger partial charge on any atom is -0.480 e. The predicted octanol–water partition coefficient (Wildman–Crippen LogP) is 0.227. The van der Waals surface area contributed by atoms with Crippen LogP contribution in [0.4, 0.5) is 0 Å². The van der Waals surface area contributed by atoms with Crippen LogP contribution in [0.15, 0.2) is 0 Å². The molecule has 0 unspecified atom stereocenters. The number of hydrogen-bond acceptors (Lipinski definition) is 6. The van der Waals surface area contributed by atoms with Crippen molar-refractivity contribution in [1.29, 1.82) is 0 Å². The molecule has 0 bridgehead atoms. The summed E-state index contributed by atoms with van der Waals surface area (Å²) >= 11 is 0. The van der Waals surface area contributed by atoms with Crippen molar-refractivity contribution in [3.63, 3.8) is 0 Å². The molecule has 8 heteroatoms. The number of hydrogen-bond donors (Lipinski definition) is 4. The summed E-state index contributed by atoms with van der Waals surface area (Å²) in [6, 6.07) is 0.266. The van der Waals surface area contributed by atoms with Crippen molar-refractivity contribution < 1.29 is 18.8 Å². The van der Waals surface area contributed by atoms with Gasteiger partial charge >= 0.3 is 14.5 Å². The van der Waals surface area contributed by atoms with Crippen LogP contribution in [-0.2, 0) is 13.6 Å². The zero-order valence-electron chi connectivity index (χ0n) is 12.9. The fourth-order valence-electron chi connectivity index (χ4n) is 1.34. The third-order valence-corrected chi connectivity index (χ3v) is 5.97. The van der Waals surface area contributed by atoms with Crippen LogP contribution in [0.3, 0.4) is 0 Å². The smallest absolute Gasteiger partial charge is 0.334 e. The van der Waals surface area contributed by atoms with Crippen LogP contribution in [0.25, 0.3) is 0 Å². The van der Waals surface area contributed by atoms with Crippen LogP contribution in [0.5, 0.6) is 0 Å². The molecule has 1 atom stereocenters. The second-order valence-corrected chi connectivity index (χ2v) is 8.25. The van der Waals surface area contributed by atoms with E-state index in [1.165, 1.54) is 0 Å². The van der Waals surface area contributed by atoms with Gasteiger partial charge in [-0.1, -0.05) is 6.42 Å². The predicted molar refractivity (Wildman–Crippen MR) is 82.6 cm³/mol. The quantitative estimate of drug-likeness (QED) is 0.335. The fraction of sp³-hybridized carbons (Fsp3) is 0.917. The van der Waals surface area contributed by atoms with E-state index in [0.717, 1.165) is 31.9 Å². The van der Waals surface area contributed by atoms with Crippen LogP contribution in [-0.4, -0.2) is 53.0 Å². The zero-order valence-corrected chi connectivity index (χ0v) is 13.9. The van der Waals surface area contributed by atoms with Gasteiger partial charge in [-0.25, -0.2) is 0 Å². The number of carbonyl (C=O) groups is 1. The first-order chi connectivity index (χ1) is 9.36. The first-order valence-corrected chi connectivity index (χ1v) is 9.38. The highest BCUT2D eigenvalue weighted by Gasteiger charge is 2.27. The van der Waals surface area contributed by atoms with E-state index in [2.05, 4.69) is 0 Å². The Morgan fingerprint density at radius 2 is 1.65 bits per heavy atom. The second kappa shape index (κ2) is 13.5. The Morgan fingerprint density at radius 3 is 2.00 bits per heavy atom. The van der Waals surface area contributed by atoms with Crippen molar-refractivity contribution in [2.75, 3.05) is 27.3 Å². The molecular weight excluding hydrogens is 278 g/mol. The molecule has 0 aromatic heterocycles. The molecule has 122 valence electrons. The molecule has 0 saturated carbocycles. The normalized spacial score (nSPS) is 12.5. The van der Waals surface area contributed by atoms with Gasteiger partial charge in [0.1, 0.15) is 6.04 Å². The van der Waals surface area contributed by atoms with E-state index >= 15 is 0 Å². The maximum Gasteiger partial charge on any atom is 0.334 e. The first kappa shape index (κ1) is 21.8. The highest BCUT2D eigenvalue weighted by molar-refractivity contribution is 6.65. The van der Waals surface area contributed by atoms with Gasteiger partial charge in [-0.15, -0.1) is 0 Å². The van der Waals surface area contributed by atoms with E-state index in [9.17, 15) is 4.79 Å². The summed E-state index contributed by atoms with van der Waals surface area (Å²) in [5.74, 6) is -0.933. The van der Waals surface area contributed by atoms with Gasteiger partial charge in [0.15, 0.2) is 0 Å². The van der Waals surface area contributed by atoms with E-state index < -0.39 is 20.6 Å². The summed E-state index contributed by atoms with van der Waals surface area (Å²) in [6.07, 6.45) is 3.15. The van der Waals surface area contributed by atoms with Gasteiger partial charge in [0, 0.05) is 14.2 Å². The molecule has 7 nitrogen and oxygen atoms in total. The number of nitrogens with two attached hydrogens (primary N) is 3. The van der Waals surface area contributed by atoms with E-state index in [-0.39, 0.29) is 0 Å². The first-order valence-electron chi connectivity index (χ1n) is 6.85. The lowest BCUT2D eigenvalue weighted by atomic mass is 10.1. The fourth-order valence-corrected chi connectivity index (χ4v) is 2.76. The summed E-state index contributed by atoms with van der Waals surface area (Å²) in [4.78, 5) is 10.1. The van der Waals surface area contributed by atoms with E-state index in [1.54, 1.807) is 14.2 Å². The van der Waals surface area contributed by atoms with Gasteiger partial charge in [-0.3, -0.25) is 4.79 Å². The Balaban J connectivity index is 0. The van der Waals surface area contributed by atoms with Gasteiger partial charge in [0.25, 0.3) is 0 Å². The molecular formula is C12H31N3O4Si. The molecule has 7 N–H and O–H groups in total. The summed E-state index contributed by atoms with van der Waals surface area (Å²) in [5.41, 5.74) is 15.8. The van der Waals surface area contributed by atoms with Crippen LogP contribution in [0, 0.1) is 0 Å². The molecule has 0 rings (SSSR count). The summed E-state index contributed by atoms with van der Waals surface area (Å²) in [6.45, 7) is 3.37. The lowest BCUT2D eigenvalue weighted by molar-refractivity contribution is -0.138. The molecule has 20 heavy (non-hydrogen) atoms. The molecule has 0 aromatic carbocycles. The lowest BCUT2D eigenvalue weighted by Gasteiger charge is -2.21. The Hall–Kier alpha value is -0.513. The molecule has 0 aliphatic rings. The number of rotatable bonds is 10. The summed E-state index contributed by atoms with van der Waals surface area (Å²) < 4.78 is 10.5. The van der Waals surface area contributed by atoms with Gasteiger partial charge in [-0.2, -0.15) is 0 Å². The molecule has 0 radical (unpaired) electrons. The molecule has 0 fully saturated rings. The molecule has 0 spiro atoms. The Labute approximate surface area is 123 Å². The van der Waals surface area contributed by atoms with Gasteiger partial charge in [0.05, 0.1) is 0 Å². The van der Waals surface area contributed by atoms with Gasteiger partial charge < -0.3 is 31.2 Å². The Morgan fingerprint density at radius 1 is 1.15 bits per heavy atom. The standard InChI is InChI=1S/C6H14N2O2.C6H17NO2Si/c7-4-2-1-3-5(8)6(9)10;1-8-10(3,9-2)6-4-5-7/h5H,1-4,7-8H2,(H,9,10);4-7H2,1-3H3/t5-;/m0./s1. The monoisotopic (exact) mass is 309 g/mol. The minimum atomic E-state index is -1.80. The van der Waals surface area contributed by atoms with E-state index in [0.29, 0.717) is 13.0 Å². The third-order valence-electron chi connectivity index (χ3n) is 2.99. The highest BCUT2D eigenvalue weighted by atomic mass is 28.4. The summed E-state index contributed by atoms with van der Waals surface area (Å²) in [5, 5.41) is 8.33. The molecule has 0 aliphatic heterocycles. The average molecular weight is 309 g/mol. The molecule has 0 amide bonds. The van der Waals surface area contributed by atoms with Crippen LogP contribution < -0.4 is 17.2 Å². The zero-order chi connectivity index (χ0) is 16.0. The minimum absolute atomic E-state index is 0.520. The van der Waals surface area contributed by atoms with Crippen LogP contribution in [0.2, 0.25) is 12.6 Å². The number of carboxylic acid groups (broad SMARTS) is 1. The number of unbranched alkanes of at least 4 members (excludes halogenated alkanes) is 1. The maximum absolute atomic E-state index is 10.1. The van der Waals surface area contributed by atoms with Gasteiger partial charge in [0.2, 0.25) is 0 Å². The largest absolute Gasteiger partial charge is 0.480 e. The number of carboxylic acids is 1. The topological polar surface area (TPSA) is 134 Å². The Bertz CT molecular complexity index is 241. The van der Waals surface area contributed by atoms with Crippen molar-refractivity contribution in [3.8, 4) is 0 Å². The van der Waals surface area contributed by atoms with Crippen molar-refractivity contribution in [2.45, 2.75) is 44.3 Å².